The molecule has 0 radical (unpaired) electrons. The quantitative estimate of drug-likeness (QED) is 0.507. The number of unbranched alkanes of at least 4 members (excludes halogenated alkanes) is 3. The largest absolute Gasteiger partial charge is 0.503 e. The SMILES string of the molecule is CC=CCCCCC.O=C(O)O. The standard InChI is InChI=1S/C8H16.CH2O3/c1-3-5-7-8-6-4-2;2-1(3)4/h3,5H,4,6-8H2,1-2H3;(H2,2,3,4). The molecule has 0 atom stereocenters. The Hall–Kier alpha value is -0.990. The Bertz CT molecular complexity index is 115. The number of allylic oxidation sites excluding steroid dienone is 2. The van der Waals surface area contributed by atoms with Crippen LogP contribution in [0.2, 0.25) is 0 Å². The van der Waals surface area contributed by atoms with Gasteiger partial charge >= 0.3 is 6.16 Å². The summed E-state index contributed by atoms with van der Waals surface area (Å²) in [5.74, 6) is 0. The zero-order valence-electron chi connectivity index (χ0n) is 7.79. The van der Waals surface area contributed by atoms with E-state index in [1.54, 1.807) is 0 Å². The van der Waals surface area contributed by atoms with Crippen LogP contribution in [0, 0.1) is 0 Å². The average Bonchev–Trinajstić information content (AvgIpc) is 1.97. The summed E-state index contributed by atoms with van der Waals surface area (Å²) in [6.45, 7) is 4.31. The Kier molecular flexibility index (Phi) is 14.3. The topological polar surface area (TPSA) is 57.5 Å². The second kappa shape index (κ2) is 12.7. The minimum atomic E-state index is -1.83. The van der Waals surface area contributed by atoms with Crippen molar-refractivity contribution in [1.29, 1.82) is 0 Å². The first-order valence-corrected chi connectivity index (χ1v) is 4.18. The molecule has 0 amide bonds. The van der Waals surface area contributed by atoms with Crippen LogP contribution in [0.25, 0.3) is 0 Å². The van der Waals surface area contributed by atoms with Gasteiger partial charge in [0.2, 0.25) is 0 Å². The van der Waals surface area contributed by atoms with Crippen molar-refractivity contribution < 1.29 is 15.0 Å². The number of carboxylic acid groups (broad SMARTS) is 2. The predicted octanol–water partition coefficient (Wildman–Crippen LogP) is 3.37. The van der Waals surface area contributed by atoms with Crippen molar-refractivity contribution in [3.8, 4) is 0 Å². The summed E-state index contributed by atoms with van der Waals surface area (Å²) in [7, 11) is 0. The Labute approximate surface area is 73.7 Å². The van der Waals surface area contributed by atoms with Gasteiger partial charge in [-0.25, -0.2) is 4.79 Å². The lowest BCUT2D eigenvalue weighted by Gasteiger charge is -1.88. The summed E-state index contributed by atoms with van der Waals surface area (Å²) in [6.07, 6.45) is 7.86. The highest BCUT2D eigenvalue weighted by Crippen LogP contribution is 1.98. The smallest absolute Gasteiger partial charge is 0.450 e. The van der Waals surface area contributed by atoms with Crippen molar-refractivity contribution in [2.75, 3.05) is 0 Å². The summed E-state index contributed by atoms with van der Waals surface area (Å²) in [5.41, 5.74) is 0. The van der Waals surface area contributed by atoms with Crippen molar-refractivity contribution in [2.45, 2.75) is 39.5 Å². The molecule has 0 bridgehead atoms. The van der Waals surface area contributed by atoms with Crippen LogP contribution in [0.1, 0.15) is 39.5 Å². The summed E-state index contributed by atoms with van der Waals surface area (Å²) in [5, 5.41) is 13.9. The molecule has 3 heteroatoms. The Balaban J connectivity index is 0. The summed E-state index contributed by atoms with van der Waals surface area (Å²) in [6, 6.07) is 0. The molecule has 2 N–H and O–H groups in total. The maximum atomic E-state index is 8.56. The molecule has 72 valence electrons. The van der Waals surface area contributed by atoms with Gasteiger partial charge in [0.25, 0.3) is 0 Å². The average molecular weight is 174 g/mol. The molecule has 0 aromatic rings. The fraction of sp³-hybridized carbons (Fsp3) is 0.667. The molecule has 3 nitrogen and oxygen atoms in total. The van der Waals surface area contributed by atoms with E-state index in [4.69, 9.17) is 15.0 Å². The van der Waals surface area contributed by atoms with Crippen LogP contribution in [-0.2, 0) is 0 Å². The van der Waals surface area contributed by atoms with Crippen molar-refractivity contribution in [2.24, 2.45) is 0 Å². The first-order chi connectivity index (χ1) is 5.65. The van der Waals surface area contributed by atoms with Gasteiger partial charge in [0, 0.05) is 0 Å². The second-order valence-corrected chi connectivity index (χ2v) is 2.35. The number of rotatable bonds is 4. The van der Waals surface area contributed by atoms with Crippen LogP contribution in [-0.4, -0.2) is 16.4 Å². The lowest BCUT2D eigenvalue weighted by Crippen LogP contribution is -1.81. The molecule has 0 aliphatic carbocycles. The van der Waals surface area contributed by atoms with Gasteiger partial charge in [0.15, 0.2) is 0 Å². The summed E-state index contributed by atoms with van der Waals surface area (Å²) in [4.78, 5) is 8.56. The molecule has 0 fully saturated rings. The highest BCUT2D eigenvalue weighted by atomic mass is 16.6. The number of carbonyl (C=O) groups is 1. The molecule has 0 aliphatic heterocycles. The molecular weight excluding hydrogens is 156 g/mol. The third kappa shape index (κ3) is 36.0. The molecule has 0 aromatic carbocycles. The summed E-state index contributed by atoms with van der Waals surface area (Å²) < 4.78 is 0. The van der Waals surface area contributed by atoms with Crippen LogP contribution in [0.5, 0.6) is 0 Å². The van der Waals surface area contributed by atoms with Crippen LogP contribution in [0.15, 0.2) is 12.2 Å². The predicted molar refractivity (Wildman–Crippen MR) is 49.6 cm³/mol. The Morgan fingerprint density at radius 2 is 1.83 bits per heavy atom. The summed E-state index contributed by atoms with van der Waals surface area (Å²) >= 11 is 0. The minimum Gasteiger partial charge on any atom is -0.450 e. The Morgan fingerprint density at radius 3 is 2.17 bits per heavy atom. The van der Waals surface area contributed by atoms with E-state index in [0.717, 1.165) is 0 Å². The molecule has 0 aromatic heterocycles. The third-order valence-corrected chi connectivity index (χ3v) is 1.21. The van der Waals surface area contributed by atoms with Gasteiger partial charge in [0.05, 0.1) is 0 Å². The molecule has 0 saturated heterocycles. The molecule has 0 saturated carbocycles. The second-order valence-electron chi connectivity index (χ2n) is 2.35. The van der Waals surface area contributed by atoms with E-state index in [0.29, 0.717) is 0 Å². The van der Waals surface area contributed by atoms with E-state index in [-0.39, 0.29) is 0 Å². The third-order valence-electron chi connectivity index (χ3n) is 1.21. The van der Waals surface area contributed by atoms with Gasteiger partial charge in [-0.2, -0.15) is 0 Å². The normalized spacial score (nSPS) is 9.17. The molecule has 0 unspecified atom stereocenters. The van der Waals surface area contributed by atoms with E-state index >= 15 is 0 Å². The van der Waals surface area contributed by atoms with Gasteiger partial charge in [-0.1, -0.05) is 31.9 Å². The van der Waals surface area contributed by atoms with Crippen LogP contribution >= 0.6 is 0 Å². The van der Waals surface area contributed by atoms with E-state index < -0.39 is 6.16 Å². The Morgan fingerprint density at radius 1 is 1.33 bits per heavy atom. The monoisotopic (exact) mass is 174 g/mol. The van der Waals surface area contributed by atoms with Crippen molar-refractivity contribution >= 4 is 6.16 Å². The minimum absolute atomic E-state index is 1.27. The zero-order valence-corrected chi connectivity index (χ0v) is 7.79. The first kappa shape index (κ1) is 13.6. The van der Waals surface area contributed by atoms with Gasteiger partial charge in [-0.15, -0.1) is 0 Å². The molecule has 12 heavy (non-hydrogen) atoms. The van der Waals surface area contributed by atoms with Gasteiger partial charge < -0.3 is 10.2 Å². The molecular formula is C9H18O3. The van der Waals surface area contributed by atoms with Crippen LogP contribution in [0.3, 0.4) is 0 Å². The molecule has 0 rings (SSSR count). The van der Waals surface area contributed by atoms with E-state index in [9.17, 15) is 0 Å². The van der Waals surface area contributed by atoms with Crippen molar-refractivity contribution in [1.82, 2.24) is 0 Å². The van der Waals surface area contributed by atoms with Gasteiger partial charge in [0.1, 0.15) is 0 Å². The molecule has 0 aliphatic rings. The maximum absolute atomic E-state index is 8.56. The van der Waals surface area contributed by atoms with E-state index in [1.165, 1.54) is 25.7 Å². The fourth-order valence-electron chi connectivity index (χ4n) is 0.679. The van der Waals surface area contributed by atoms with Gasteiger partial charge in [-0.3, -0.25) is 0 Å². The fourth-order valence-corrected chi connectivity index (χ4v) is 0.679. The lowest BCUT2D eigenvalue weighted by atomic mass is 10.2. The van der Waals surface area contributed by atoms with Crippen molar-refractivity contribution in [3.63, 3.8) is 0 Å². The van der Waals surface area contributed by atoms with Crippen LogP contribution < -0.4 is 0 Å². The zero-order chi connectivity index (χ0) is 9.82. The van der Waals surface area contributed by atoms with E-state index in [1.807, 2.05) is 0 Å². The number of hydrogen-bond donors (Lipinski definition) is 2. The van der Waals surface area contributed by atoms with Crippen molar-refractivity contribution in [3.05, 3.63) is 12.2 Å². The maximum Gasteiger partial charge on any atom is 0.503 e. The molecule has 0 spiro atoms. The highest BCUT2D eigenvalue weighted by molar-refractivity contribution is 5.53. The van der Waals surface area contributed by atoms with Crippen LogP contribution in [0.4, 0.5) is 4.79 Å². The highest BCUT2D eigenvalue weighted by Gasteiger charge is 1.78. The van der Waals surface area contributed by atoms with E-state index in [2.05, 4.69) is 26.0 Å². The lowest BCUT2D eigenvalue weighted by molar-refractivity contribution is 0.137. The first-order valence-electron chi connectivity index (χ1n) is 4.18. The molecule has 0 heterocycles. The van der Waals surface area contributed by atoms with Gasteiger partial charge in [-0.05, 0) is 19.8 Å². The number of hydrogen-bond acceptors (Lipinski definition) is 1.